The van der Waals surface area contributed by atoms with Gasteiger partial charge in [-0.25, -0.2) is 4.39 Å². The number of hydrogen-bond acceptors (Lipinski definition) is 4. The summed E-state index contributed by atoms with van der Waals surface area (Å²) in [5.41, 5.74) is 3.12. The number of rotatable bonds is 6. The van der Waals surface area contributed by atoms with Crippen LogP contribution in [0.1, 0.15) is 5.56 Å². The molecule has 0 aliphatic rings. The predicted molar refractivity (Wildman–Crippen MR) is 66.7 cm³/mol. The van der Waals surface area contributed by atoms with Crippen molar-refractivity contribution in [2.45, 2.75) is 18.8 Å². The first kappa shape index (κ1) is 14.5. The second kappa shape index (κ2) is 7.03. The normalized spacial score (nSPS) is 13.1. The fourth-order valence-electron chi connectivity index (χ4n) is 1.58. The molecule has 0 heterocycles. The van der Waals surface area contributed by atoms with Crippen LogP contribution in [0.3, 0.4) is 0 Å². The van der Waals surface area contributed by atoms with Crippen molar-refractivity contribution >= 4 is 15.9 Å². The number of nitrogens with two attached hydrogens (primary N) is 1. The molecule has 0 saturated heterocycles. The lowest BCUT2D eigenvalue weighted by atomic mass is 10.1. The second-order valence-electron chi connectivity index (χ2n) is 3.55. The molecule has 1 unspecified atom stereocenters. The zero-order chi connectivity index (χ0) is 12.8. The van der Waals surface area contributed by atoms with E-state index in [9.17, 15) is 4.39 Å². The van der Waals surface area contributed by atoms with Crippen molar-refractivity contribution in [1.82, 2.24) is 5.43 Å². The fraction of sp³-hybridized carbons (Fsp3) is 0.455. The Hall–Kier alpha value is -0.530. The Morgan fingerprint density at radius 1 is 1.41 bits per heavy atom. The molecule has 0 aliphatic carbocycles. The molecule has 0 radical (unpaired) electrons. The van der Waals surface area contributed by atoms with E-state index in [0.717, 1.165) is 0 Å². The minimum Gasteiger partial charge on any atom is -0.354 e. The molecular weight excluding hydrogens is 291 g/mol. The van der Waals surface area contributed by atoms with Gasteiger partial charge in [0.05, 0.1) is 6.04 Å². The summed E-state index contributed by atoms with van der Waals surface area (Å²) in [5, 5.41) is 0. The van der Waals surface area contributed by atoms with E-state index < -0.39 is 6.29 Å². The van der Waals surface area contributed by atoms with Gasteiger partial charge in [0.2, 0.25) is 0 Å². The average Bonchev–Trinajstić information content (AvgIpc) is 2.32. The number of nitrogens with one attached hydrogen (secondary N) is 1. The predicted octanol–water partition coefficient (Wildman–Crippen LogP) is 1.58. The molecule has 17 heavy (non-hydrogen) atoms. The van der Waals surface area contributed by atoms with Gasteiger partial charge in [0, 0.05) is 18.7 Å². The summed E-state index contributed by atoms with van der Waals surface area (Å²) < 4.78 is 24.5. The zero-order valence-corrected chi connectivity index (χ0v) is 11.3. The van der Waals surface area contributed by atoms with Gasteiger partial charge < -0.3 is 9.47 Å². The third-order valence-corrected chi connectivity index (χ3v) is 2.96. The van der Waals surface area contributed by atoms with Gasteiger partial charge >= 0.3 is 0 Å². The lowest BCUT2D eigenvalue weighted by Gasteiger charge is -2.24. The molecule has 6 heteroatoms. The van der Waals surface area contributed by atoms with E-state index in [1.54, 1.807) is 12.1 Å². The van der Waals surface area contributed by atoms with E-state index >= 15 is 0 Å². The van der Waals surface area contributed by atoms with Crippen LogP contribution in [0.25, 0.3) is 0 Å². The number of hydrazine groups is 1. The third kappa shape index (κ3) is 4.01. The third-order valence-electron chi connectivity index (χ3n) is 2.46. The van der Waals surface area contributed by atoms with Crippen molar-refractivity contribution in [3.63, 3.8) is 0 Å². The van der Waals surface area contributed by atoms with Crippen LogP contribution in [0, 0.1) is 5.82 Å². The molecule has 1 aromatic carbocycles. The van der Waals surface area contributed by atoms with Crippen LogP contribution in [0.4, 0.5) is 4.39 Å². The van der Waals surface area contributed by atoms with Gasteiger partial charge in [-0.1, -0.05) is 22.0 Å². The Labute approximate surface area is 108 Å². The van der Waals surface area contributed by atoms with Crippen molar-refractivity contribution in [2.75, 3.05) is 14.2 Å². The highest BCUT2D eigenvalue weighted by atomic mass is 79.9. The highest BCUT2D eigenvalue weighted by Crippen LogP contribution is 2.17. The molecule has 1 rings (SSSR count). The van der Waals surface area contributed by atoms with E-state index in [4.69, 9.17) is 15.3 Å². The maximum Gasteiger partial charge on any atom is 0.173 e. The van der Waals surface area contributed by atoms with Gasteiger partial charge in [0.1, 0.15) is 5.82 Å². The van der Waals surface area contributed by atoms with Crippen molar-refractivity contribution in [3.8, 4) is 0 Å². The smallest absolute Gasteiger partial charge is 0.173 e. The minimum atomic E-state index is -0.525. The van der Waals surface area contributed by atoms with Gasteiger partial charge in [-0.3, -0.25) is 11.3 Å². The Morgan fingerprint density at radius 2 is 2.06 bits per heavy atom. The van der Waals surface area contributed by atoms with Gasteiger partial charge in [-0.05, 0) is 24.1 Å². The van der Waals surface area contributed by atoms with E-state index in [-0.39, 0.29) is 11.9 Å². The number of hydrogen-bond donors (Lipinski definition) is 2. The number of halogens is 2. The molecule has 0 fully saturated rings. The lowest BCUT2D eigenvalue weighted by Crippen LogP contribution is -2.47. The first-order chi connectivity index (χ1) is 8.12. The molecule has 0 spiro atoms. The summed E-state index contributed by atoms with van der Waals surface area (Å²) >= 11 is 3.21. The van der Waals surface area contributed by atoms with Crippen LogP contribution in [0.15, 0.2) is 22.7 Å². The van der Waals surface area contributed by atoms with Crippen LogP contribution in [0.2, 0.25) is 0 Å². The molecule has 0 bridgehead atoms. The van der Waals surface area contributed by atoms with Crippen molar-refractivity contribution < 1.29 is 13.9 Å². The second-order valence-corrected chi connectivity index (χ2v) is 4.47. The van der Waals surface area contributed by atoms with E-state index in [0.29, 0.717) is 16.5 Å². The highest BCUT2D eigenvalue weighted by molar-refractivity contribution is 9.10. The summed E-state index contributed by atoms with van der Waals surface area (Å²) in [6.45, 7) is 0. The molecular formula is C11H16BrFN2O2. The first-order valence-corrected chi connectivity index (χ1v) is 5.87. The van der Waals surface area contributed by atoms with Crippen LogP contribution < -0.4 is 11.3 Å². The van der Waals surface area contributed by atoms with Crippen molar-refractivity contribution in [2.24, 2.45) is 5.84 Å². The standard InChI is InChI=1S/C11H16BrFN2O2/c1-16-11(17-2)10(15-14)5-7-3-4-8(12)6-9(7)13/h3-4,6,10-11,15H,5,14H2,1-2H3. The largest absolute Gasteiger partial charge is 0.354 e. The topological polar surface area (TPSA) is 56.5 Å². The number of benzene rings is 1. The Balaban J connectivity index is 2.80. The summed E-state index contributed by atoms with van der Waals surface area (Å²) in [4.78, 5) is 0. The van der Waals surface area contributed by atoms with Crippen LogP contribution in [-0.4, -0.2) is 26.6 Å². The zero-order valence-electron chi connectivity index (χ0n) is 9.74. The minimum absolute atomic E-state index is 0.286. The van der Waals surface area contributed by atoms with Gasteiger partial charge in [0.25, 0.3) is 0 Å². The van der Waals surface area contributed by atoms with Gasteiger partial charge in [0.15, 0.2) is 6.29 Å². The maximum absolute atomic E-state index is 13.6. The summed E-state index contributed by atoms with van der Waals surface area (Å²) in [5.74, 6) is 5.12. The first-order valence-electron chi connectivity index (χ1n) is 5.08. The maximum atomic E-state index is 13.6. The Bertz CT molecular complexity index is 361. The van der Waals surface area contributed by atoms with Crippen LogP contribution >= 0.6 is 15.9 Å². The van der Waals surface area contributed by atoms with Gasteiger partial charge in [-0.15, -0.1) is 0 Å². The van der Waals surface area contributed by atoms with Crippen molar-refractivity contribution in [1.29, 1.82) is 0 Å². The summed E-state index contributed by atoms with van der Waals surface area (Å²) in [6.07, 6.45) is -0.148. The summed E-state index contributed by atoms with van der Waals surface area (Å²) in [6, 6.07) is 4.57. The monoisotopic (exact) mass is 306 g/mol. The quantitative estimate of drug-likeness (QED) is 0.476. The van der Waals surface area contributed by atoms with E-state index in [1.807, 2.05) is 0 Å². The molecule has 3 N–H and O–H groups in total. The molecule has 96 valence electrons. The molecule has 0 amide bonds. The Morgan fingerprint density at radius 3 is 2.53 bits per heavy atom. The number of ether oxygens (including phenoxy) is 2. The molecule has 1 aromatic rings. The SMILES string of the molecule is COC(OC)C(Cc1ccc(Br)cc1F)NN. The van der Waals surface area contributed by atoms with Crippen LogP contribution in [-0.2, 0) is 15.9 Å². The van der Waals surface area contributed by atoms with Gasteiger partial charge in [-0.2, -0.15) is 0 Å². The van der Waals surface area contributed by atoms with Crippen molar-refractivity contribution in [3.05, 3.63) is 34.1 Å². The fourth-order valence-corrected chi connectivity index (χ4v) is 1.92. The molecule has 4 nitrogen and oxygen atoms in total. The molecule has 1 atom stereocenters. The Kier molecular flexibility index (Phi) is 6.01. The average molecular weight is 307 g/mol. The molecule has 0 saturated carbocycles. The highest BCUT2D eigenvalue weighted by Gasteiger charge is 2.21. The van der Waals surface area contributed by atoms with Crippen LogP contribution in [0.5, 0.6) is 0 Å². The van der Waals surface area contributed by atoms with E-state index in [1.165, 1.54) is 20.3 Å². The molecule has 0 aliphatic heterocycles. The molecule has 0 aromatic heterocycles. The van der Waals surface area contributed by atoms with E-state index in [2.05, 4.69) is 21.4 Å². The number of methoxy groups -OCH3 is 2. The lowest BCUT2D eigenvalue weighted by molar-refractivity contribution is -0.122. The summed E-state index contributed by atoms with van der Waals surface area (Å²) in [7, 11) is 3.02.